The Balaban J connectivity index is 2.42. The normalized spacial score (nSPS) is 9.76. The van der Waals surface area contributed by atoms with Gasteiger partial charge in [0.05, 0.1) is 0 Å². The number of nitrogens with one attached hydrogen (secondary N) is 2. The monoisotopic (exact) mass is 234 g/mol. The maximum Gasteiger partial charge on any atom is 0.228 e. The molecule has 5 heteroatoms. The average molecular weight is 234 g/mol. The van der Waals surface area contributed by atoms with E-state index in [1.807, 2.05) is 19.1 Å². The van der Waals surface area contributed by atoms with Gasteiger partial charge in [-0.1, -0.05) is 13.0 Å². The predicted molar refractivity (Wildman–Crippen MR) is 66.5 cm³/mol. The Labute approximate surface area is 101 Å². The SMILES string of the molecule is CCCC(=O)N(C)C(=N)NCc1cccnc1. The first-order valence-corrected chi connectivity index (χ1v) is 5.63. The molecule has 0 spiro atoms. The Kier molecular flexibility index (Phi) is 5.13. The summed E-state index contributed by atoms with van der Waals surface area (Å²) >= 11 is 0. The molecule has 0 saturated heterocycles. The van der Waals surface area contributed by atoms with E-state index in [0.717, 1.165) is 12.0 Å². The molecular weight excluding hydrogens is 216 g/mol. The van der Waals surface area contributed by atoms with Crippen molar-refractivity contribution in [1.29, 1.82) is 5.41 Å². The molecule has 0 bridgehead atoms. The van der Waals surface area contributed by atoms with Crippen LogP contribution in [0.2, 0.25) is 0 Å². The highest BCUT2D eigenvalue weighted by atomic mass is 16.2. The Hall–Kier alpha value is -1.91. The molecule has 17 heavy (non-hydrogen) atoms. The zero-order valence-electron chi connectivity index (χ0n) is 10.2. The highest BCUT2D eigenvalue weighted by molar-refractivity contribution is 5.95. The third kappa shape index (κ3) is 4.22. The van der Waals surface area contributed by atoms with E-state index in [4.69, 9.17) is 5.41 Å². The maximum atomic E-state index is 11.5. The molecule has 1 rings (SSSR count). The number of guanidine groups is 1. The first-order chi connectivity index (χ1) is 8.15. The van der Waals surface area contributed by atoms with Gasteiger partial charge in [-0.2, -0.15) is 0 Å². The van der Waals surface area contributed by atoms with Crippen molar-refractivity contribution in [1.82, 2.24) is 15.2 Å². The molecule has 1 amide bonds. The second kappa shape index (κ2) is 6.62. The minimum absolute atomic E-state index is 0.0452. The number of rotatable bonds is 4. The predicted octanol–water partition coefficient (Wildman–Crippen LogP) is 1.36. The number of hydrogen-bond donors (Lipinski definition) is 2. The summed E-state index contributed by atoms with van der Waals surface area (Å²) in [7, 11) is 1.61. The van der Waals surface area contributed by atoms with Crippen LogP contribution in [0, 0.1) is 5.41 Å². The minimum Gasteiger partial charge on any atom is -0.352 e. The topological polar surface area (TPSA) is 69.1 Å². The van der Waals surface area contributed by atoms with Crippen molar-refractivity contribution < 1.29 is 4.79 Å². The van der Waals surface area contributed by atoms with Gasteiger partial charge in [-0.3, -0.25) is 20.1 Å². The molecule has 0 aliphatic heterocycles. The second-order valence-electron chi connectivity index (χ2n) is 3.77. The quantitative estimate of drug-likeness (QED) is 0.610. The molecule has 1 aromatic rings. The smallest absolute Gasteiger partial charge is 0.228 e. The van der Waals surface area contributed by atoms with Gasteiger partial charge >= 0.3 is 0 Å². The van der Waals surface area contributed by atoms with Gasteiger partial charge in [-0.15, -0.1) is 0 Å². The number of pyridine rings is 1. The van der Waals surface area contributed by atoms with E-state index in [9.17, 15) is 4.79 Å². The van der Waals surface area contributed by atoms with E-state index < -0.39 is 0 Å². The molecule has 0 aliphatic rings. The van der Waals surface area contributed by atoms with Crippen molar-refractivity contribution in [3.05, 3.63) is 30.1 Å². The molecule has 92 valence electrons. The van der Waals surface area contributed by atoms with E-state index in [1.54, 1.807) is 19.4 Å². The zero-order chi connectivity index (χ0) is 12.7. The van der Waals surface area contributed by atoms with Crippen molar-refractivity contribution in [3.8, 4) is 0 Å². The van der Waals surface area contributed by atoms with Gasteiger partial charge < -0.3 is 5.32 Å². The molecule has 0 atom stereocenters. The van der Waals surface area contributed by atoms with Gasteiger partial charge in [0.15, 0.2) is 5.96 Å². The fourth-order valence-corrected chi connectivity index (χ4v) is 1.31. The summed E-state index contributed by atoms with van der Waals surface area (Å²) in [6.45, 7) is 2.44. The maximum absolute atomic E-state index is 11.5. The van der Waals surface area contributed by atoms with Crippen LogP contribution < -0.4 is 5.32 Å². The van der Waals surface area contributed by atoms with Crippen LogP contribution in [0.1, 0.15) is 25.3 Å². The number of carbonyl (C=O) groups is 1. The number of hydrogen-bond acceptors (Lipinski definition) is 3. The minimum atomic E-state index is -0.0452. The fraction of sp³-hybridized carbons (Fsp3) is 0.417. The molecule has 0 aliphatic carbocycles. The molecular formula is C12H18N4O. The summed E-state index contributed by atoms with van der Waals surface area (Å²) in [5.41, 5.74) is 0.980. The van der Waals surface area contributed by atoms with Gasteiger partial charge in [0, 0.05) is 32.4 Å². The Morgan fingerprint density at radius 2 is 2.35 bits per heavy atom. The average Bonchev–Trinajstić information content (AvgIpc) is 2.36. The van der Waals surface area contributed by atoms with E-state index in [-0.39, 0.29) is 11.9 Å². The number of carbonyl (C=O) groups excluding carboxylic acids is 1. The largest absolute Gasteiger partial charge is 0.352 e. The van der Waals surface area contributed by atoms with Crippen molar-refractivity contribution in [2.75, 3.05) is 7.05 Å². The molecule has 0 radical (unpaired) electrons. The van der Waals surface area contributed by atoms with Crippen LogP contribution in [-0.2, 0) is 11.3 Å². The second-order valence-corrected chi connectivity index (χ2v) is 3.77. The van der Waals surface area contributed by atoms with E-state index in [2.05, 4.69) is 10.3 Å². The van der Waals surface area contributed by atoms with Crippen molar-refractivity contribution in [3.63, 3.8) is 0 Å². The summed E-state index contributed by atoms with van der Waals surface area (Å²) in [4.78, 5) is 16.8. The highest BCUT2D eigenvalue weighted by Crippen LogP contribution is 1.97. The van der Waals surface area contributed by atoms with Gasteiger partial charge in [-0.25, -0.2) is 0 Å². The summed E-state index contributed by atoms with van der Waals surface area (Å²) in [5.74, 6) is 0.0727. The van der Waals surface area contributed by atoms with Crippen molar-refractivity contribution in [2.45, 2.75) is 26.3 Å². The van der Waals surface area contributed by atoms with E-state index >= 15 is 0 Å². The molecule has 5 nitrogen and oxygen atoms in total. The molecule has 1 aromatic heterocycles. The number of amides is 1. The molecule has 0 unspecified atom stereocenters. The van der Waals surface area contributed by atoms with Crippen LogP contribution in [0.15, 0.2) is 24.5 Å². The van der Waals surface area contributed by atoms with Crippen molar-refractivity contribution >= 4 is 11.9 Å². The molecule has 1 heterocycles. The standard InChI is InChI=1S/C12H18N4O/c1-3-5-11(17)16(2)12(13)15-9-10-6-4-7-14-8-10/h4,6-8H,3,5,9H2,1-2H3,(H2,13,15). The summed E-state index contributed by atoms with van der Waals surface area (Å²) in [6.07, 6.45) is 4.69. The lowest BCUT2D eigenvalue weighted by Gasteiger charge is -2.18. The Morgan fingerprint density at radius 1 is 1.59 bits per heavy atom. The zero-order valence-corrected chi connectivity index (χ0v) is 10.2. The van der Waals surface area contributed by atoms with Crippen LogP contribution in [0.25, 0.3) is 0 Å². The first-order valence-electron chi connectivity index (χ1n) is 5.63. The van der Waals surface area contributed by atoms with Crippen LogP contribution in [0.4, 0.5) is 0 Å². The Bertz CT molecular complexity index is 377. The van der Waals surface area contributed by atoms with Crippen LogP contribution in [0.3, 0.4) is 0 Å². The van der Waals surface area contributed by atoms with Crippen LogP contribution in [0.5, 0.6) is 0 Å². The lowest BCUT2D eigenvalue weighted by atomic mass is 10.3. The van der Waals surface area contributed by atoms with Crippen LogP contribution >= 0.6 is 0 Å². The van der Waals surface area contributed by atoms with Crippen molar-refractivity contribution in [2.24, 2.45) is 0 Å². The number of nitrogens with zero attached hydrogens (tertiary/aromatic N) is 2. The summed E-state index contributed by atoms with van der Waals surface area (Å²) in [6, 6.07) is 3.76. The number of aromatic nitrogens is 1. The Morgan fingerprint density at radius 3 is 2.94 bits per heavy atom. The lowest BCUT2D eigenvalue weighted by Crippen LogP contribution is -2.41. The summed E-state index contributed by atoms with van der Waals surface area (Å²) < 4.78 is 0. The first kappa shape index (κ1) is 13.2. The van der Waals surface area contributed by atoms with Gasteiger partial charge in [0.25, 0.3) is 0 Å². The third-order valence-corrected chi connectivity index (χ3v) is 2.36. The molecule has 0 aromatic carbocycles. The van der Waals surface area contributed by atoms with E-state index in [0.29, 0.717) is 13.0 Å². The van der Waals surface area contributed by atoms with Gasteiger partial charge in [0.1, 0.15) is 0 Å². The fourth-order valence-electron chi connectivity index (χ4n) is 1.31. The van der Waals surface area contributed by atoms with E-state index in [1.165, 1.54) is 4.90 Å². The summed E-state index contributed by atoms with van der Waals surface area (Å²) in [5, 5.41) is 10.6. The molecule has 2 N–H and O–H groups in total. The van der Waals surface area contributed by atoms with Gasteiger partial charge in [-0.05, 0) is 18.1 Å². The molecule has 0 fully saturated rings. The highest BCUT2D eigenvalue weighted by Gasteiger charge is 2.11. The van der Waals surface area contributed by atoms with Gasteiger partial charge in [0.2, 0.25) is 5.91 Å². The lowest BCUT2D eigenvalue weighted by molar-refractivity contribution is -0.126. The molecule has 0 saturated carbocycles. The van der Waals surface area contributed by atoms with Crippen LogP contribution in [-0.4, -0.2) is 28.8 Å². The third-order valence-electron chi connectivity index (χ3n) is 2.36.